The molecule has 0 radical (unpaired) electrons. The molecular weight excluding hydrogens is 300 g/mol. The second-order valence-electron chi connectivity index (χ2n) is 4.84. The van der Waals surface area contributed by atoms with Crippen molar-refractivity contribution >= 4 is 21.9 Å². The van der Waals surface area contributed by atoms with Crippen molar-refractivity contribution in [1.82, 2.24) is 0 Å². The Balaban J connectivity index is 2.19. The molecule has 4 nitrogen and oxygen atoms in total. The van der Waals surface area contributed by atoms with Crippen LogP contribution in [0.15, 0.2) is 10.5 Å². The van der Waals surface area contributed by atoms with Crippen molar-refractivity contribution in [3.63, 3.8) is 0 Å². The molecule has 1 N–H and O–H groups in total. The third-order valence-electron chi connectivity index (χ3n) is 3.96. The Labute approximate surface area is 113 Å². The second kappa shape index (κ2) is 3.88. The number of carboxylic acid groups (broad SMARTS) is 1. The summed E-state index contributed by atoms with van der Waals surface area (Å²) >= 11 is 3.51. The van der Waals surface area contributed by atoms with E-state index in [2.05, 4.69) is 15.9 Å². The summed E-state index contributed by atoms with van der Waals surface area (Å²) in [6.45, 7) is 2.11. The Hall–Kier alpha value is -1.23. The molecule has 0 amide bonds. The number of hydrogen-bond donors (Lipinski definition) is 1. The molecule has 0 aromatic heterocycles. The van der Waals surface area contributed by atoms with E-state index in [1.165, 1.54) is 0 Å². The summed E-state index contributed by atoms with van der Waals surface area (Å²) in [4.78, 5) is 11.6. The standard InChI is InChI=1S/C13H13BrO4/c1-7-10(14)8(5-9-11(7)18-6-17-9)13(12(15)16)3-2-4-13/h5H,2-4,6H2,1H3,(H,15,16). The summed E-state index contributed by atoms with van der Waals surface area (Å²) < 4.78 is 11.6. The van der Waals surface area contributed by atoms with Crippen LogP contribution < -0.4 is 9.47 Å². The van der Waals surface area contributed by atoms with Crippen molar-refractivity contribution < 1.29 is 19.4 Å². The van der Waals surface area contributed by atoms with Crippen molar-refractivity contribution in [2.75, 3.05) is 6.79 Å². The summed E-state index contributed by atoms with van der Waals surface area (Å²) in [5.74, 6) is 0.608. The number of fused-ring (bicyclic) bond motifs is 1. The predicted molar refractivity (Wildman–Crippen MR) is 68.2 cm³/mol. The monoisotopic (exact) mass is 312 g/mol. The number of ether oxygens (including phenoxy) is 2. The van der Waals surface area contributed by atoms with Gasteiger partial charge in [0, 0.05) is 10.0 Å². The van der Waals surface area contributed by atoms with Gasteiger partial charge in [-0.05, 0) is 31.4 Å². The van der Waals surface area contributed by atoms with Gasteiger partial charge in [-0.1, -0.05) is 22.4 Å². The van der Waals surface area contributed by atoms with Crippen LogP contribution >= 0.6 is 15.9 Å². The molecule has 2 aliphatic rings. The molecule has 0 bridgehead atoms. The van der Waals surface area contributed by atoms with Gasteiger partial charge in [-0.15, -0.1) is 0 Å². The van der Waals surface area contributed by atoms with Crippen LogP contribution in [0, 0.1) is 6.92 Å². The topological polar surface area (TPSA) is 55.8 Å². The first-order chi connectivity index (χ1) is 8.56. The minimum Gasteiger partial charge on any atom is -0.481 e. The van der Waals surface area contributed by atoms with Gasteiger partial charge in [0.25, 0.3) is 0 Å². The molecule has 18 heavy (non-hydrogen) atoms. The highest BCUT2D eigenvalue weighted by Gasteiger charge is 2.48. The highest BCUT2D eigenvalue weighted by atomic mass is 79.9. The zero-order valence-corrected chi connectivity index (χ0v) is 11.5. The predicted octanol–water partition coefficient (Wildman–Crippen LogP) is 2.99. The molecular formula is C13H13BrO4. The van der Waals surface area contributed by atoms with Gasteiger partial charge in [0.1, 0.15) is 0 Å². The van der Waals surface area contributed by atoms with E-state index in [-0.39, 0.29) is 6.79 Å². The van der Waals surface area contributed by atoms with Crippen molar-refractivity contribution in [3.05, 3.63) is 21.7 Å². The third kappa shape index (κ3) is 1.40. The summed E-state index contributed by atoms with van der Waals surface area (Å²) in [5, 5.41) is 9.51. The lowest BCUT2D eigenvalue weighted by molar-refractivity contribution is -0.147. The van der Waals surface area contributed by atoms with Crippen LogP contribution in [0.4, 0.5) is 0 Å². The van der Waals surface area contributed by atoms with Gasteiger partial charge in [0.15, 0.2) is 11.5 Å². The fourth-order valence-electron chi connectivity index (χ4n) is 2.66. The largest absolute Gasteiger partial charge is 0.481 e. The summed E-state index contributed by atoms with van der Waals surface area (Å²) in [6, 6.07) is 1.81. The molecule has 5 heteroatoms. The number of halogens is 1. The fraction of sp³-hybridized carbons (Fsp3) is 0.462. The SMILES string of the molecule is Cc1c(Br)c(C2(C(=O)O)CCC2)cc2c1OCO2. The number of carbonyl (C=O) groups is 1. The summed E-state index contributed by atoms with van der Waals surface area (Å²) in [6.07, 6.45) is 2.31. The number of rotatable bonds is 2. The lowest BCUT2D eigenvalue weighted by Crippen LogP contribution is -2.42. The molecule has 1 aromatic rings. The van der Waals surface area contributed by atoms with Crippen molar-refractivity contribution in [3.8, 4) is 11.5 Å². The van der Waals surface area contributed by atoms with Crippen LogP contribution in [0.2, 0.25) is 0 Å². The Morgan fingerprint density at radius 2 is 2.17 bits per heavy atom. The average molecular weight is 313 g/mol. The van der Waals surface area contributed by atoms with E-state index in [1.54, 1.807) is 0 Å². The highest BCUT2D eigenvalue weighted by molar-refractivity contribution is 9.10. The van der Waals surface area contributed by atoms with E-state index >= 15 is 0 Å². The van der Waals surface area contributed by atoms with Gasteiger partial charge in [-0.2, -0.15) is 0 Å². The van der Waals surface area contributed by atoms with E-state index in [1.807, 2.05) is 13.0 Å². The van der Waals surface area contributed by atoms with E-state index in [0.29, 0.717) is 24.3 Å². The number of carboxylic acids is 1. The van der Waals surface area contributed by atoms with E-state index in [9.17, 15) is 9.90 Å². The molecule has 0 saturated heterocycles. The Bertz CT molecular complexity index is 534. The van der Waals surface area contributed by atoms with Crippen molar-refractivity contribution in [2.24, 2.45) is 0 Å². The maximum absolute atomic E-state index is 11.6. The number of aliphatic carboxylic acids is 1. The molecule has 0 atom stereocenters. The minimum atomic E-state index is -0.759. The summed E-state index contributed by atoms with van der Waals surface area (Å²) in [7, 11) is 0. The fourth-order valence-corrected chi connectivity index (χ4v) is 3.34. The van der Waals surface area contributed by atoms with Crippen LogP contribution in [0.1, 0.15) is 30.4 Å². The zero-order chi connectivity index (χ0) is 12.9. The molecule has 1 aromatic carbocycles. The van der Waals surface area contributed by atoms with Gasteiger partial charge >= 0.3 is 5.97 Å². The second-order valence-corrected chi connectivity index (χ2v) is 5.63. The normalized spacial score (nSPS) is 19.4. The smallest absolute Gasteiger partial charge is 0.314 e. The van der Waals surface area contributed by atoms with E-state index in [0.717, 1.165) is 22.0 Å². The molecule has 1 aliphatic heterocycles. The molecule has 1 saturated carbocycles. The van der Waals surface area contributed by atoms with Gasteiger partial charge < -0.3 is 14.6 Å². The molecule has 0 spiro atoms. The molecule has 1 heterocycles. The minimum absolute atomic E-state index is 0.201. The lowest BCUT2D eigenvalue weighted by Gasteiger charge is -2.39. The number of benzene rings is 1. The van der Waals surface area contributed by atoms with Gasteiger partial charge in [0.05, 0.1) is 5.41 Å². The van der Waals surface area contributed by atoms with Gasteiger partial charge in [0.2, 0.25) is 6.79 Å². The Morgan fingerprint density at radius 3 is 2.72 bits per heavy atom. The van der Waals surface area contributed by atoms with Crippen molar-refractivity contribution in [2.45, 2.75) is 31.6 Å². The lowest BCUT2D eigenvalue weighted by atomic mass is 9.64. The molecule has 3 rings (SSSR count). The first-order valence-electron chi connectivity index (χ1n) is 5.89. The summed E-state index contributed by atoms with van der Waals surface area (Å²) in [5.41, 5.74) is 0.959. The maximum atomic E-state index is 11.6. The third-order valence-corrected chi connectivity index (χ3v) is 4.98. The molecule has 1 fully saturated rings. The van der Waals surface area contributed by atoms with Crippen molar-refractivity contribution in [1.29, 1.82) is 0 Å². The Morgan fingerprint density at radius 1 is 1.44 bits per heavy atom. The average Bonchev–Trinajstić information content (AvgIpc) is 2.71. The van der Waals surface area contributed by atoms with Gasteiger partial charge in [-0.3, -0.25) is 4.79 Å². The van der Waals surface area contributed by atoms with Crippen LogP contribution in [0.25, 0.3) is 0 Å². The number of hydrogen-bond acceptors (Lipinski definition) is 3. The van der Waals surface area contributed by atoms with Crippen LogP contribution in [0.3, 0.4) is 0 Å². The maximum Gasteiger partial charge on any atom is 0.314 e. The first-order valence-corrected chi connectivity index (χ1v) is 6.68. The van der Waals surface area contributed by atoms with Crippen LogP contribution in [-0.4, -0.2) is 17.9 Å². The van der Waals surface area contributed by atoms with Gasteiger partial charge in [-0.25, -0.2) is 0 Å². The van der Waals surface area contributed by atoms with Crippen LogP contribution in [-0.2, 0) is 10.2 Å². The molecule has 1 aliphatic carbocycles. The quantitative estimate of drug-likeness (QED) is 0.912. The van der Waals surface area contributed by atoms with E-state index < -0.39 is 11.4 Å². The first kappa shape index (κ1) is 11.8. The zero-order valence-electron chi connectivity index (χ0n) is 9.96. The molecule has 96 valence electrons. The highest BCUT2D eigenvalue weighted by Crippen LogP contribution is 2.51. The Kier molecular flexibility index (Phi) is 2.55. The molecule has 0 unspecified atom stereocenters. The van der Waals surface area contributed by atoms with E-state index in [4.69, 9.17) is 9.47 Å². The van der Waals surface area contributed by atoms with Crippen LogP contribution in [0.5, 0.6) is 11.5 Å².